The number of hydrogen-bond donors (Lipinski definition) is 0. The fraction of sp³-hybridized carbons (Fsp3) is 0.263. The average molecular weight is 323 g/mol. The van der Waals surface area contributed by atoms with E-state index in [1.54, 1.807) is 12.1 Å². The van der Waals surface area contributed by atoms with Gasteiger partial charge in [-0.2, -0.15) is 4.98 Å². The van der Waals surface area contributed by atoms with Crippen molar-refractivity contribution in [3.8, 4) is 22.8 Å². The molecule has 0 amide bonds. The Hall–Kier alpha value is -2.69. The number of halogens is 1. The second kappa shape index (κ2) is 6.43. The van der Waals surface area contributed by atoms with Crippen LogP contribution in [0, 0.1) is 5.82 Å². The summed E-state index contributed by atoms with van der Waals surface area (Å²) in [7, 11) is 0. The monoisotopic (exact) mass is 323 g/mol. The van der Waals surface area contributed by atoms with Crippen molar-refractivity contribution < 1.29 is 8.91 Å². The van der Waals surface area contributed by atoms with E-state index >= 15 is 0 Å². The lowest BCUT2D eigenvalue weighted by molar-refractivity contribution is 0.432. The molecular weight excluding hydrogens is 305 g/mol. The van der Waals surface area contributed by atoms with Crippen LogP contribution in [0.25, 0.3) is 22.8 Å². The molecule has 2 aromatic carbocycles. The van der Waals surface area contributed by atoms with E-state index < -0.39 is 0 Å². The molecule has 0 spiro atoms. The van der Waals surface area contributed by atoms with Gasteiger partial charge >= 0.3 is 0 Å². The predicted molar refractivity (Wildman–Crippen MR) is 91.2 cm³/mol. The van der Waals surface area contributed by atoms with E-state index in [1.807, 2.05) is 12.1 Å². The van der Waals surface area contributed by atoms with Crippen LogP contribution < -0.4 is 4.90 Å². The first kappa shape index (κ1) is 14.9. The van der Waals surface area contributed by atoms with Crippen LogP contribution in [0.4, 0.5) is 10.1 Å². The van der Waals surface area contributed by atoms with E-state index in [0.717, 1.165) is 18.7 Å². The summed E-state index contributed by atoms with van der Waals surface area (Å²) in [6, 6.07) is 14.3. The summed E-state index contributed by atoms with van der Waals surface area (Å²) in [5.41, 5.74) is 2.86. The zero-order valence-corrected chi connectivity index (χ0v) is 13.3. The number of rotatable bonds is 3. The Morgan fingerprint density at radius 3 is 2.21 bits per heavy atom. The van der Waals surface area contributed by atoms with Crippen molar-refractivity contribution in [3.63, 3.8) is 0 Å². The molecule has 0 bridgehead atoms. The second-order valence-corrected chi connectivity index (χ2v) is 6.02. The van der Waals surface area contributed by atoms with Crippen LogP contribution in [-0.4, -0.2) is 23.2 Å². The Morgan fingerprint density at radius 2 is 1.50 bits per heavy atom. The van der Waals surface area contributed by atoms with Gasteiger partial charge in [-0.25, -0.2) is 4.39 Å². The van der Waals surface area contributed by atoms with Crippen LogP contribution in [0.1, 0.15) is 19.3 Å². The lowest BCUT2D eigenvalue weighted by atomic mass is 10.1. The molecule has 5 heteroatoms. The normalized spacial score (nSPS) is 14.8. The van der Waals surface area contributed by atoms with Crippen LogP contribution in [0.3, 0.4) is 0 Å². The van der Waals surface area contributed by atoms with E-state index in [1.165, 1.54) is 37.1 Å². The highest BCUT2D eigenvalue weighted by molar-refractivity contribution is 5.62. The van der Waals surface area contributed by atoms with Crippen molar-refractivity contribution in [3.05, 3.63) is 54.3 Å². The van der Waals surface area contributed by atoms with Gasteiger partial charge in [-0.1, -0.05) is 5.16 Å². The van der Waals surface area contributed by atoms with E-state index in [9.17, 15) is 4.39 Å². The van der Waals surface area contributed by atoms with Crippen LogP contribution in [0.15, 0.2) is 53.1 Å². The fourth-order valence-electron chi connectivity index (χ4n) is 3.02. The van der Waals surface area contributed by atoms with Crippen LogP contribution >= 0.6 is 0 Å². The summed E-state index contributed by atoms with van der Waals surface area (Å²) >= 11 is 0. The number of hydrogen-bond acceptors (Lipinski definition) is 4. The first-order chi connectivity index (χ1) is 11.8. The van der Waals surface area contributed by atoms with Gasteiger partial charge in [0.05, 0.1) is 0 Å². The molecule has 1 saturated heterocycles. The molecule has 0 unspecified atom stereocenters. The molecule has 24 heavy (non-hydrogen) atoms. The third-order valence-electron chi connectivity index (χ3n) is 4.36. The van der Waals surface area contributed by atoms with E-state index in [2.05, 4.69) is 27.2 Å². The molecule has 0 saturated carbocycles. The van der Waals surface area contributed by atoms with Crippen LogP contribution in [0.2, 0.25) is 0 Å². The quantitative estimate of drug-likeness (QED) is 0.710. The Balaban J connectivity index is 1.54. The SMILES string of the molecule is Fc1ccc(-c2nc(-c3ccc(N4CCCCC4)cc3)no2)cc1. The Morgan fingerprint density at radius 1 is 0.833 bits per heavy atom. The first-order valence-corrected chi connectivity index (χ1v) is 8.25. The Kier molecular flexibility index (Phi) is 3.99. The molecule has 2 heterocycles. The van der Waals surface area contributed by atoms with E-state index in [4.69, 9.17) is 4.52 Å². The highest BCUT2D eigenvalue weighted by Gasteiger charge is 2.13. The minimum atomic E-state index is -0.285. The zero-order valence-electron chi connectivity index (χ0n) is 13.3. The average Bonchev–Trinajstić information content (AvgIpc) is 3.13. The molecule has 1 aliphatic heterocycles. The third kappa shape index (κ3) is 3.02. The van der Waals surface area contributed by atoms with Crippen molar-refractivity contribution in [1.82, 2.24) is 10.1 Å². The van der Waals surface area contributed by atoms with Gasteiger partial charge < -0.3 is 9.42 Å². The minimum absolute atomic E-state index is 0.285. The van der Waals surface area contributed by atoms with Crippen molar-refractivity contribution in [2.45, 2.75) is 19.3 Å². The topological polar surface area (TPSA) is 42.2 Å². The van der Waals surface area contributed by atoms with Gasteiger partial charge in [-0.15, -0.1) is 0 Å². The second-order valence-electron chi connectivity index (χ2n) is 6.02. The largest absolute Gasteiger partial charge is 0.372 e. The molecule has 0 atom stereocenters. The number of aromatic nitrogens is 2. The molecular formula is C19H18FN3O. The molecule has 0 radical (unpaired) electrons. The maximum atomic E-state index is 13.0. The van der Waals surface area contributed by atoms with Gasteiger partial charge in [-0.3, -0.25) is 0 Å². The van der Waals surface area contributed by atoms with Gasteiger partial charge in [0.15, 0.2) is 0 Å². The third-order valence-corrected chi connectivity index (χ3v) is 4.36. The van der Waals surface area contributed by atoms with Crippen LogP contribution in [-0.2, 0) is 0 Å². The summed E-state index contributed by atoms with van der Waals surface area (Å²) in [5.74, 6) is 0.649. The molecule has 0 N–H and O–H groups in total. The zero-order chi connectivity index (χ0) is 16.4. The van der Waals surface area contributed by atoms with Crippen molar-refractivity contribution in [1.29, 1.82) is 0 Å². The van der Waals surface area contributed by atoms with E-state index in [0.29, 0.717) is 17.3 Å². The molecule has 0 aliphatic carbocycles. The maximum Gasteiger partial charge on any atom is 0.258 e. The van der Waals surface area contributed by atoms with Gasteiger partial charge in [0.1, 0.15) is 5.82 Å². The van der Waals surface area contributed by atoms with Crippen molar-refractivity contribution in [2.24, 2.45) is 0 Å². The summed E-state index contributed by atoms with van der Waals surface area (Å²) in [4.78, 5) is 6.82. The van der Waals surface area contributed by atoms with E-state index in [-0.39, 0.29) is 5.82 Å². The van der Waals surface area contributed by atoms with Gasteiger partial charge in [0.25, 0.3) is 5.89 Å². The Labute approximate surface area is 139 Å². The summed E-state index contributed by atoms with van der Waals surface area (Å²) in [6.07, 6.45) is 3.84. The maximum absolute atomic E-state index is 13.0. The standard InChI is InChI=1S/C19H18FN3O/c20-16-8-4-15(5-9-16)19-21-18(22-24-19)14-6-10-17(11-7-14)23-12-2-1-3-13-23/h4-11H,1-3,12-13H2. The predicted octanol–water partition coefficient (Wildman–Crippen LogP) is 4.53. The lowest BCUT2D eigenvalue weighted by Gasteiger charge is -2.28. The lowest BCUT2D eigenvalue weighted by Crippen LogP contribution is -2.29. The highest BCUT2D eigenvalue weighted by Crippen LogP contribution is 2.25. The van der Waals surface area contributed by atoms with Crippen molar-refractivity contribution >= 4 is 5.69 Å². The number of anilines is 1. The molecule has 122 valence electrons. The minimum Gasteiger partial charge on any atom is -0.372 e. The van der Waals surface area contributed by atoms with Gasteiger partial charge in [-0.05, 0) is 67.8 Å². The summed E-state index contributed by atoms with van der Waals surface area (Å²) in [6.45, 7) is 2.24. The number of piperidine rings is 1. The summed E-state index contributed by atoms with van der Waals surface area (Å²) in [5, 5.41) is 4.03. The van der Waals surface area contributed by atoms with Gasteiger partial charge in [0, 0.05) is 29.9 Å². The number of benzene rings is 2. The molecule has 1 aliphatic rings. The smallest absolute Gasteiger partial charge is 0.258 e. The van der Waals surface area contributed by atoms with Gasteiger partial charge in [0.2, 0.25) is 5.82 Å². The van der Waals surface area contributed by atoms with Crippen LogP contribution in [0.5, 0.6) is 0 Å². The summed E-state index contributed by atoms with van der Waals surface area (Å²) < 4.78 is 18.3. The Bertz CT molecular complexity index is 805. The molecule has 1 fully saturated rings. The molecule has 1 aromatic heterocycles. The molecule has 4 nitrogen and oxygen atoms in total. The fourth-order valence-corrected chi connectivity index (χ4v) is 3.02. The highest BCUT2D eigenvalue weighted by atomic mass is 19.1. The first-order valence-electron chi connectivity index (χ1n) is 8.25. The molecule has 4 rings (SSSR count). The van der Waals surface area contributed by atoms with Crippen molar-refractivity contribution in [2.75, 3.05) is 18.0 Å². The molecule has 3 aromatic rings. The number of nitrogens with zero attached hydrogens (tertiary/aromatic N) is 3.